The molecule has 0 spiro atoms. The summed E-state index contributed by atoms with van der Waals surface area (Å²) in [6.07, 6.45) is 3.98. The predicted octanol–water partition coefficient (Wildman–Crippen LogP) is 2.52. The summed E-state index contributed by atoms with van der Waals surface area (Å²) >= 11 is 0. The van der Waals surface area contributed by atoms with E-state index >= 15 is 0 Å². The monoisotopic (exact) mass is 241 g/mol. The highest BCUT2D eigenvalue weighted by atomic mass is 16.5. The van der Waals surface area contributed by atoms with Gasteiger partial charge in [0.1, 0.15) is 0 Å². The lowest BCUT2D eigenvalue weighted by Gasteiger charge is -2.43. The van der Waals surface area contributed by atoms with Crippen molar-refractivity contribution in [2.45, 2.75) is 51.2 Å². The van der Waals surface area contributed by atoms with Crippen molar-refractivity contribution in [3.8, 4) is 0 Å². The molecule has 0 amide bonds. The molecule has 0 bridgehead atoms. The molecule has 1 atom stereocenters. The molecule has 0 saturated carbocycles. The maximum atomic E-state index is 5.86. The molecule has 0 radical (unpaired) electrons. The zero-order chi connectivity index (χ0) is 12.7. The predicted molar refractivity (Wildman–Crippen MR) is 71.3 cm³/mol. The molecule has 1 unspecified atom stereocenters. The zero-order valence-corrected chi connectivity index (χ0v) is 11.6. The van der Waals surface area contributed by atoms with Gasteiger partial charge in [-0.15, -0.1) is 0 Å². The Morgan fingerprint density at radius 1 is 1.41 bits per heavy atom. The lowest BCUT2D eigenvalue weighted by Crippen LogP contribution is -2.55. The van der Waals surface area contributed by atoms with Crippen molar-refractivity contribution in [2.75, 3.05) is 26.9 Å². The van der Waals surface area contributed by atoms with Crippen LogP contribution >= 0.6 is 0 Å². The number of hydrogen-bond acceptors (Lipinski definition) is 3. The third kappa shape index (κ3) is 3.80. The molecule has 0 aliphatic carbocycles. The van der Waals surface area contributed by atoms with Gasteiger partial charge in [-0.25, -0.2) is 0 Å². The molecule has 17 heavy (non-hydrogen) atoms. The summed E-state index contributed by atoms with van der Waals surface area (Å²) in [4.78, 5) is 0. The Labute approximate surface area is 106 Å². The lowest BCUT2D eigenvalue weighted by atomic mass is 9.82. The molecular weight excluding hydrogens is 214 g/mol. The number of hydrogen-bond donors (Lipinski definition) is 1. The van der Waals surface area contributed by atoms with Gasteiger partial charge in [0.2, 0.25) is 0 Å². The van der Waals surface area contributed by atoms with Gasteiger partial charge >= 0.3 is 0 Å². The first-order valence-corrected chi connectivity index (χ1v) is 6.71. The molecule has 100 valence electrons. The van der Waals surface area contributed by atoms with E-state index in [2.05, 4.69) is 25.7 Å². The van der Waals surface area contributed by atoms with Crippen LogP contribution in [0.25, 0.3) is 0 Å². The summed E-state index contributed by atoms with van der Waals surface area (Å²) < 4.78 is 11.3. The summed E-state index contributed by atoms with van der Waals surface area (Å²) in [6, 6.07) is 0.355. The van der Waals surface area contributed by atoms with Crippen molar-refractivity contribution in [3.05, 3.63) is 12.2 Å². The second-order valence-corrected chi connectivity index (χ2v) is 4.80. The second-order valence-electron chi connectivity index (χ2n) is 4.80. The van der Waals surface area contributed by atoms with Crippen LogP contribution in [0, 0.1) is 0 Å². The maximum Gasteiger partial charge on any atom is 0.0877 e. The van der Waals surface area contributed by atoms with Crippen molar-refractivity contribution in [3.63, 3.8) is 0 Å². The summed E-state index contributed by atoms with van der Waals surface area (Å²) in [5.41, 5.74) is 1.21. The molecule has 1 N–H and O–H groups in total. The van der Waals surface area contributed by atoms with Crippen LogP contribution in [0.5, 0.6) is 0 Å². The zero-order valence-electron chi connectivity index (χ0n) is 11.6. The molecule has 1 rings (SSSR count). The summed E-state index contributed by atoms with van der Waals surface area (Å²) in [7, 11) is 1.82. The fourth-order valence-electron chi connectivity index (χ4n) is 2.54. The van der Waals surface area contributed by atoms with Gasteiger partial charge in [0.25, 0.3) is 0 Å². The van der Waals surface area contributed by atoms with Crippen LogP contribution < -0.4 is 5.32 Å². The highest BCUT2D eigenvalue weighted by Crippen LogP contribution is 2.31. The first kappa shape index (κ1) is 14.7. The van der Waals surface area contributed by atoms with Crippen molar-refractivity contribution in [2.24, 2.45) is 0 Å². The van der Waals surface area contributed by atoms with Gasteiger partial charge in [0.05, 0.1) is 5.60 Å². The van der Waals surface area contributed by atoms with Crippen LogP contribution in [0.15, 0.2) is 12.2 Å². The first-order valence-electron chi connectivity index (χ1n) is 6.71. The minimum atomic E-state index is -0.0770. The molecule has 1 saturated heterocycles. The molecular formula is C14H27NO2. The molecule has 3 heteroatoms. The largest absolute Gasteiger partial charge is 0.381 e. The second kappa shape index (κ2) is 7.14. The van der Waals surface area contributed by atoms with Crippen molar-refractivity contribution < 1.29 is 9.47 Å². The number of likely N-dealkylation sites (N-methyl/N-ethyl adjacent to an activating group) is 1. The van der Waals surface area contributed by atoms with Gasteiger partial charge in [0.15, 0.2) is 0 Å². The Morgan fingerprint density at radius 2 is 2.06 bits per heavy atom. The van der Waals surface area contributed by atoms with E-state index in [0.29, 0.717) is 6.04 Å². The van der Waals surface area contributed by atoms with Gasteiger partial charge in [-0.1, -0.05) is 26.0 Å². The van der Waals surface area contributed by atoms with Crippen LogP contribution in [0.3, 0.4) is 0 Å². The Balaban J connectivity index is 2.73. The van der Waals surface area contributed by atoms with Crippen molar-refractivity contribution in [1.82, 2.24) is 5.32 Å². The van der Waals surface area contributed by atoms with Gasteiger partial charge < -0.3 is 14.8 Å². The highest BCUT2D eigenvalue weighted by Gasteiger charge is 2.40. The van der Waals surface area contributed by atoms with E-state index in [1.54, 1.807) is 0 Å². The molecule has 0 aromatic carbocycles. The SMILES string of the molecule is C=C(CC)CC(NCC)C1(OC)CCOCC1. The highest BCUT2D eigenvalue weighted by molar-refractivity contribution is 5.04. The standard InChI is InChI=1S/C14H27NO2/c1-5-12(3)11-13(15-6-2)14(16-4)7-9-17-10-8-14/h13,15H,3,5-11H2,1-2,4H3. The summed E-state index contributed by atoms with van der Waals surface area (Å²) in [6.45, 7) is 11.0. The molecule has 1 fully saturated rings. The number of rotatable bonds is 7. The van der Waals surface area contributed by atoms with E-state index in [0.717, 1.165) is 45.4 Å². The van der Waals surface area contributed by atoms with E-state index in [4.69, 9.17) is 9.47 Å². The van der Waals surface area contributed by atoms with Crippen LogP contribution in [0.2, 0.25) is 0 Å². The Hall–Kier alpha value is -0.380. The minimum Gasteiger partial charge on any atom is -0.381 e. The van der Waals surface area contributed by atoms with E-state index < -0.39 is 0 Å². The van der Waals surface area contributed by atoms with Gasteiger partial charge in [-0.3, -0.25) is 0 Å². The Bertz CT molecular complexity index is 234. The van der Waals surface area contributed by atoms with Gasteiger partial charge in [0, 0.05) is 39.2 Å². The molecule has 1 aliphatic rings. The quantitative estimate of drug-likeness (QED) is 0.695. The van der Waals surface area contributed by atoms with Gasteiger partial charge in [-0.05, 0) is 19.4 Å². The van der Waals surface area contributed by atoms with Crippen LogP contribution in [-0.2, 0) is 9.47 Å². The number of ether oxygens (including phenoxy) is 2. The third-order valence-corrected chi connectivity index (χ3v) is 3.82. The van der Waals surface area contributed by atoms with Crippen molar-refractivity contribution >= 4 is 0 Å². The molecule has 3 nitrogen and oxygen atoms in total. The average molecular weight is 241 g/mol. The smallest absolute Gasteiger partial charge is 0.0877 e. The first-order chi connectivity index (χ1) is 8.18. The fraction of sp³-hybridized carbons (Fsp3) is 0.857. The maximum absolute atomic E-state index is 5.86. The topological polar surface area (TPSA) is 30.5 Å². The Morgan fingerprint density at radius 3 is 2.53 bits per heavy atom. The lowest BCUT2D eigenvalue weighted by molar-refractivity contribution is -0.110. The number of nitrogens with one attached hydrogen (secondary N) is 1. The molecule has 1 aliphatic heterocycles. The van der Waals surface area contributed by atoms with E-state index in [9.17, 15) is 0 Å². The van der Waals surface area contributed by atoms with E-state index in [1.807, 2.05) is 7.11 Å². The van der Waals surface area contributed by atoms with Crippen molar-refractivity contribution in [1.29, 1.82) is 0 Å². The molecule has 0 aromatic rings. The fourth-order valence-corrected chi connectivity index (χ4v) is 2.54. The summed E-state index contributed by atoms with van der Waals surface area (Å²) in [5.74, 6) is 0. The number of methoxy groups -OCH3 is 1. The van der Waals surface area contributed by atoms with E-state index in [-0.39, 0.29) is 5.60 Å². The minimum absolute atomic E-state index is 0.0770. The van der Waals surface area contributed by atoms with Gasteiger partial charge in [-0.2, -0.15) is 0 Å². The Kier molecular flexibility index (Phi) is 6.17. The van der Waals surface area contributed by atoms with Crippen LogP contribution in [0.4, 0.5) is 0 Å². The van der Waals surface area contributed by atoms with E-state index in [1.165, 1.54) is 5.57 Å². The molecule has 1 heterocycles. The normalized spacial score (nSPS) is 21.1. The third-order valence-electron chi connectivity index (χ3n) is 3.82. The van der Waals surface area contributed by atoms with Crippen LogP contribution in [0.1, 0.15) is 39.5 Å². The summed E-state index contributed by atoms with van der Waals surface area (Å²) in [5, 5.41) is 3.57. The molecule has 0 aromatic heterocycles. The van der Waals surface area contributed by atoms with Crippen LogP contribution in [-0.4, -0.2) is 38.5 Å². The average Bonchev–Trinajstić information content (AvgIpc) is 2.38.